The lowest BCUT2D eigenvalue weighted by atomic mass is 9.95. The van der Waals surface area contributed by atoms with Gasteiger partial charge in [0.05, 0.1) is 26.0 Å². The monoisotopic (exact) mass is 384 g/mol. The van der Waals surface area contributed by atoms with E-state index >= 15 is 0 Å². The smallest absolute Gasteiger partial charge is 0.188 e. The molecule has 3 heterocycles. The molecular formula is C19H20N4O3S. The maximum Gasteiger partial charge on any atom is 0.188 e. The highest BCUT2D eigenvalue weighted by Gasteiger charge is 2.30. The van der Waals surface area contributed by atoms with Gasteiger partial charge < -0.3 is 14.6 Å². The molecule has 3 aromatic rings. The van der Waals surface area contributed by atoms with Gasteiger partial charge in [-0.3, -0.25) is 4.90 Å². The van der Waals surface area contributed by atoms with Gasteiger partial charge in [0.15, 0.2) is 10.8 Å². The highest BCUT2D eigenvalue weighted by atomic mass is 32.1. The molecule has 140 valence electrons. The van der Waals surface area contributed by atoms with Crippen molar-refractivity contribution in [3.05, 3.63) is 52.8 Å². The fourth-order valence-corrected chi connectivity index (χ4v) is 4.14. The number of β-amino-alcohol motifs (C(OH)–C–C–N with tert-alkyl or cyclic N) is 1. The van der Waals surface area contributed by atoms with Crippen LogP contribution in [0.2, 0.25) is 0 Å². The maximum absolute atomic E-state index is 10.7. The van der Waals surface area contributed by atoms with Crippen LogP contribution in [0.4, 0.5) is 0 Å². The molecule has 1 unspecified atom stereocenters. The van der Waals surface area contributed by atoms with Gasteiger partial charge in [0.1, 0.15) is 11.5 Å². The quantitative estimate of drug-likeness (QED) is 0.724. The third kappa shape index (κ3) is 3.51. The van der Waals surface area contributed by atoms with Crippen molar-refractivity contribution < 1.29 is 14.6 Å². The fourth-order valence-electron chi connectivity index (χ4n) is 3.39. The molecule has 7 nitrogen and oxygen atoms in total. The van der Waals surface area contributed by atoms with E-state index in [1.54, 1.807) is 32.7 Å². The Morgan fingerprint density at radius 2 is 1.93 bits per heavy atom. The second kappa shape index (κ2) is 7.59. The lowest BCUT2D eigenvalue weighted by molar-refractivity contribution is 0.0837. The van der Waals surface area contributed by atoms with E-state index in [1.165, 1.54) is 11.3 Å². The molecule has 0 fully saturated rings. The number of aliphatic hydroxyl groups is 1. The van der Waals surface area contributed by atoms with E-state index in [0.717, 1.165) is 27.6 Å². The number of benzene rings is 1. The van der Waals surface area contributed by atoms with Crippen LogP contribution < -0.4 is 9.47 Å². The van der Waals surface area contributed by atoms with E-state index in [9.17, 15) is 5.11 Å². The SMILES string of the molecule is COc1ccc(OC)c2c1CN(Cc1csc(-c3ncccn3)n1)CC2O. The third-order valence-electron chi connectivity index (χ3n) is 4.55. The zero-order valence-corrected chi connectivity index (χ0v) is 15.9. The van der Waals surface area contributed by atoms with Crippen LogP contribution in [0.1, 0.15) is 22.9 Å². The molecule has 1 aromatic carbocycles. The third-order valence-corrected chi connectivity index (χ3v) is 5.44. The van der Waals surface area contributed by atoms with E-state index in [2.05, 4.69) is 19.9 Å². The Kier molecular flexibility index (Phi) is 5.02. The summed E-state index contributed by atoms with van der Waals surface area (Å²) in [6.07, 6.45) is 2.77. The topological polar surface area (TPSA) is 80.6 Å². The molecule has 1 atom stereocenters. The average molecular weight is 384 g/mol. The molecule has 0 spiro atoms. The highest BCUT2D eigenvalue weighted by Crippen LogP contribution is 2.39. The van der Waals surface area contributed by atoms with Gasteiger partial charge in [0.2, 0.25) is 0 Å². The van der Waals surface area contributed by atoms with Crippen LogP contribution in [0.15, 0.2) is 36.0 Å². The second-order valence-corrected chi connectivity index (χ2v) is 7.12. The largest absolute Gasteiger partial charge is 0.496 e. The lowest BCUT2D eigenvalue weighted by Gasteiger charge is -2.33. The minimum Gasteiger partial charge on any atom is -0.496 e. The van der Waals surface area contributed by atoms with Crippen molar-refractivity contribution in [3.63, 3.8) is 0 Å². The van der Waals surface area contributed by atoms with Crippen LogP contribution in [-0.4, -0.2) is 45.7 Å². The number of aromatic nitrogens is 3. The minimum atomic E-state index is -0.644. The Morgan fingerprint density at radius 1 is 1.19 bits per heavy atom. The van der Waals surface area contributed by atoms with Gasteiger partial charge in [0, 0.05) is 48.5 Å². The van der Waals surface area contributed by atoms with Crippen LogP contribution in [0, 0.1) is 0 Å². The summed E-state index contributed by atoms with van der Waals surface area (Å²) in [5.41, 5.74) is 2.70. The summed E-state index contributed by atoms with van der Waals surface area (Å²) in [6, 6.07) is 5.50. The number of rotatable bonds is 5. The summed E-state index contributed by atoms with van der Waals surface area (Å²) >= 11 is 1.52. The van der Waals surface area contributed by atoms with Crippen LogP contribution in [0.5, 0.6) is 11.5 Å². The molecule has 0 aliphatic carbocycles. The highest BCUT2D eigenvalue weighted by molar-refractivity contribution is 7.13. The number of thiazole rings is 1. The molecule has 4 rings (SSSR count). The van der Waals surface area contributed by atoms with Crippen molar-refractivity contribution >= 4 is 11.3 Å². The van der Waals surface area contributed by atoms with Gasteiger partial charge >= 0.3 is 0 Å². The van der Waals surface area contributed by atoms with Gasteiger partial charge in [-0.2, -0.15) is 0 Å². The number of ether oxygens (including phenoxy) is 2. The van der Waals surface area contributed by atoms with Gasteiger partial charge in [-0.15, -0.1) is 11.3 Å². The number of fused-ring (bicyclic) bond motifs is 1. The zero-order chi connectivity index (χ0) is 18.8. The van der Waals surface area contributed by atoms with Gasteiger partial charge in [-0.05, 0) is 18.2 Å². The summed E-state index contributed by atoms with van der Waals surface area (Å²) in [4.78, 5) is 15.3. The predicted molar refractivity (Wildman–Crippen MR) is 102 cm³/mol. The van der Waals surface area contributed by atoms with Crippen LogP contribution >= 0.6 is 11.3 Å². The first kappa shape index (κ1) is 17.8. The molecule has 27 heavy (non-hydrogen) atoms. The van der Waals surface area contributed by atoms with Crippen molar-refractivity contribution in [3.8, 4) is 22.3 Å². The molecule has 2 aromatic heterocycles. The average Bonchev–Trinajstić information content (AvgIpc) is 3.16. The predicted octanol–water partition coefficient (Wildman–Crippen LogP) is 2.67. The van der Waals surface area contributed by atoms with Gasteiger partial charge in [0.25, 0.3) is 0 Å². The van der Waals surface area contributed by atoms with E-state index < -0.39 is 6.10 Å². The van der Waals surface area contributed by atoms with E-state index in [1.807, 2.05) is 17.5 Å². The van der Waals surface area contributed by atoms with Crippen molar-refractivity contribution in [2.75, 3.05) is 20.8 Å². The molecule has 0 radical (unpaired) electrons. The Hall–Kier alpha value is -2.55. The van der Waals surface area contributed by atoms with Crippen molar-refractivity contribution in [2.45, 2.75) is 19.2 Å². The summed E-state index contributed by atoms with van der Waals surface area (Å²) in [6.45, 7) is 1.78. The summed E-state index contributed by atoms with van der Waals surface area (Å²) in [5, 5.41) is 13.5. The first-order valence-electron chi connectivity index (χ1n) is 8.55. The lowest BCUT2D eigenvalue weighted by Crippen LogP contribution is -2.33. The molecule has 1 aliphatic heterocycles. The summed E-state index contributed by atoms with van der Waals surface area (Å²) in [5.74, 6) is 2.07. The Morgan fingerprint density at radius 3 is 2.67 bits per heavy atom. The number of nitrogens with zero attached hydrogens (tertiary/aromatic N) is 4. The molecule has 8 heteroatoms. The first-order chi connectivity index (χ1) is 13.2. The zero-order valence-electron chi connectivity index (χ0n) is 15.1. The molecule has 1 aliphatic rings. The number of hydrogen-bond donors (Lipinski definition) is 1. The standard InChI is InChI=1S/C19H20N4O3S/c1-25-15-4-5-16(26-2)17-13(15)9-23(10-14(17)24)8-12-11-27-19(22-12)18-20-6-3-7-21-18/h3-7,11,14,24H,8-10H2,1-2H3. The van der Waals surface area contributed by atoms with Gasteiger partial charge in [-0.25, -0.2) is 15.0 Å². The summed E-state index contributed by atoms with van der Waals surface area (Å²) < 4.78 is 10.9. The minimum absolute atomic E-state index is 0.505. The number of aliphatic hydroxyl groups excluding tert-OH is 1. The van der Waals surface area contributed by atoms with Gasteiger partial charge in [-0.1, -0.05) is 0 Å². The molecule has 0 bridgehead atoms. The van der Waals surface area contributed by atoms with Crippen LogP contribution in [-0.2, 0) is 13.1 Å². The number of methoxy groups -OCH3 is 2. The van der Waals surface area contributed by atoms with E-state index in [0.29, 0.717) is 31.2 Å². The van der Waals surface area contributed by atoms with Crippen molar-refractivity contribution in [1.82, 2.24) is 19.9 Å². The molecule has 1 N–H and O–H groups in total. The van der Waals surface area contributed by atoms with Crippen molar-refractivity contribution in [1.29, 1.82) is 0 Å². The molecule has 0 saturated carbocycles. The van der Waals surface area contributed by atoms with Crippen molar-refractivity contribution in [2.24, 2.45) is 0 Å². The summed E-state index contributed by atoms with van der Waals surface area (Å²) in [7, 11) is 3.25. The van der Waals surface area contributed by atoms with E-state index in [4.69, 9.17) is 9.47 Å². The Balaban J connectivity index is 1.57. The van der Waals surface area contributed by atoms with Crippen LogP contribution in [0.25, 0.3) is 10.8 Å². The molecule has 0 saturated heterocycles. The fraction of sp³-hybridized carbons (Fsp3) is 0.316. The van der Waals surface area contributed by atoms with Crippen LogP contribution in [0.3, 0.4) is 0 Å². The maximum atomic E-state index is 10.7. The molecular weight excluding hydrogens is 364 g/mol. The van der Waals surface area contributed by atoms with E-state index in [-0.39, 0.29) is 0 Å². The second-order valence-electron chi connectivity index (χ2n) is 6.26. The Bertz CT molecular complexity index is 932. The molecule has 0 amide bonds. The Labute approximate surface area is 161 Å². The normalized spacial score (nSPS) is 16.8. The number of hydrogen-bond acceptors (Lipinski definition) is 8. The first-order valence-corrected chi connectivity index (χ1v) is 9.43.